The molecule has 0 saturated heterocycles. The number of aromatic nitrogens is 3. The fourth-order valence-corrected chi connectivity index (χ4v) is 3.94. The molecule has 3 rings (SSSR count). The number of benzene rings is 2. The number of aryl methyl sites for hydroxylation is 1. The Balaban J connectivity index is 1.95. The predicted octanol–water partition coefficient (Wildman–Crippen LogP) is 4.76. The van der Waals surface area contributed by atoms with E-state index in [0.717, 1.165) is 11.1 Å². The number of thioether (sulfide) groups is 1. The highest BCUT2D eigenvalue weighted by atomic mass is 35.5. The van der Waals surface area contributed by atoms with Gasteiger partial charge in [0.15, 0.2) is 15.8 Å². The predicted molar refractivity (Wildman–Crippen MR) is 121 cm³/mol. The maximum absolute atomic E-state index is 11.9. The zero-order valence-electron chi connectivity index (χ0n) is 16.7. The minimum absolute atomic E-state index is 0.0270. The molecule has 1 amide bonds. The van der Waals surface area contributed by atoms with Crippen LogP contribution in [0, 0.1) is 17.0 Å². The molecule has 1 N–H and O–H groups in total. The van der Waals surface area contributed by atoms with Crippen molar-refractivity contribution in [3.05, 3.63) is 75.6 Å². The number of carbonyl (C=O) groups excluding carboxylic acids is 1. The molecule has 0 radical (unpaired) electrons. The summed E-state index contributed by atoms with van der Waals surface area (Å²) >= 11 is 12.8. The number of nitrogens with one attached hydrogen (secondary N) is 1. The molecule has 0 saturated carbocycles. The lowest BCUT2D eigenvalue weighted by atomic mass is 10.2. The van der Waals surface area contributed by atoms with Crippen LogP contribution in [0.4, 0.5) is 5.69 Å². The molecular weight excluding hydrogens is 461 g/mol. The second kappa shape index (κ2) is 10.1. The zero-order chi connectivity index (χ0) is 22.5. The molecule has 3 aromatic rings. The van der Waals surface area contributed by atoms with Crippen LogP contribution < -0.4 is 5.32 Å². The van der Waals surface area contributed by atoms with Gasteiger partial charge in [0.2, 0.25) is 0 Å². The highest BCUT2D eigenvalue weighted by Crippen LogP contribution is 2.28. The van der Waals surface area contributed by atoms with E-state index in [-0.39, 0.29) is 5.69 Å². The van der Waals surface area contributed by atoms with Gasteiger partial charge >= 0.3 is 0 Å². The lowest BCUT2D eigenvalue weighted by Gasteiger charge is -2.16. The van der Waals surface area contributed by atoms with E-state index in [0.29, 0.717) is 22.4 Å². The quantitative estimate of drug-likeness (QED) is 0.216. The molecule has 1 heterocycles. The standard InChI is InChI=1S/C20H19Cl2N5O3S/c1-12-4-3-5-14(10-12)11-31-20-25-24-18(13(2)23-19(28)17(21)22)26(20)15-6-8-16(9-7-15)27(29)30/h3-10,13,17H,11H2,1-2H3,(H,23,28). The van der Waals surface area contributed by atoms with Crippen LogP contribution in [-0.4, -0.2) is 30.4 Å². The SMILES string of the molecule is Cc1cccc(CSc2nnc(C(C)NC(=O)C(Cl)Cl)n2-c2ccc([N+](=O)[O-])cc2)c1. The normalized spacial score (nSPS) is 12.0. The lowest BCUT2D eigenvalue weighted by molar-refractivity contribution is -0.384. The summed E-state index contributed by atoms with van der Waals surface area (Å²) in [5.74, 6) is 0.546. The highest BCUT2D eigenvalue weighted by molar-refractivity contribution is 7.98. The largest absolute Gasteiger partial charge is 0.344 e. The molecule has 0 aliphatic heterocycles. The van der Waals surface area contributed by atoms with Gasteiger partial charge in [-0.15, -0.1) is 10.2 Å². The molecule has 0 spiro atoms. The molecule has 162 valence electrons. The van der Waals surface area contributed by atoms with E-state index in [4.69, 9.17) is 23.2 Å². The Morgan fingerprint density at radius 3 is 2.55 bits per heavy atom. The summed E-state index contributed by atoms with van der Waals surface area (Å²) in [5.41, 5.74) is 2.88. The summed E-state index contributed by atoms with van der Waals surface area (Å²) in [6, 6.07) is 13.6. The van der Waals surface area contributed by atoms with Crippen molar-refractivity contribution in [3.63, 3.8) is 0 Å². The third kappa shape index (κ3) is 5.75. The van der Waals surface area contributed by atoms with Crippen molar-refractivity contribution >= 4 is 46.6 Å². The molecular formula is C20H19Cl2N5O3S. The van der Waals surface area contributed by atoms with Gasteiger partial charge in [-0.1, -0.05) is 64.8 Å². The summed E-state index contributed by atoms with van der Waals surface area (Å²) in [6.45, 7) is 3.76. The average molecular weight is 480 g/mol. The minimum Gasteiger partial charge on any atom is -0.344 e. The van der Waals surface area contributed by atoms with Crippen LogP contribution in [-0.2, 0) is 10.5 Å². The molecule has 11 heteroatoms. The van der Waals surface area contributed by atoms with Gasteiger partial charge in [0.1, 0.15) is 0 Å². The van der Waals surface area contributed by atoms with Gasteiger partial charge in [-0.3, -0.25) is 19.5 Å². The fourth-order valence-electron chi connectivity index (χ4n) is 2.91. The van der Waals surface area contributed by atoms with Crippen molar-refractivity contribution in [3.8, 4) is 5.69 Å². The fraction of sp³-hybridized carbons (Fsp3) is 0.250. The third-order valence-electron chi connectivity index (χ3n) is 4.37. The Labute approximate surface area is 193 Å². The van der Waals surface area contributed by atoms with Crippen LogP contribution in [0.5, 0.6) is 0 Å². The van der Waals surface area contributed by atoms with Crippen LogP contribution in [0.1, 0.15) is 29.9 Å². The van der Waals surface area contributed by atoms with Gasteiger partial charge in [-0.05, 0) is 31.5 Å². The Morgan fingerprint density at radius 2 is 1.94 bits per heavy atom. The number of alkyl halides is 2. The van der Waals surface area contributed by atoms with Gasteiger partial charge in [-0.25, -0.2) is 0 Å². The molecule has 0 bridgehead atoms. The topological polar surface area (TPSA) is 103 Å². The minimum atomic E-state index is -1.21. The second-order valence-electron chi connectivity index (χ2n) is 6.76. The average Bonchev–Trinajstić information content (AvgIpc) is 3.16. The first kappa shape index (κ1) is 23.1. The summed E-state index contributed by atoms with van der Waals surface area (Å²) < 4.78 is 1.76. The van der Waals surface area contributed by atoms with Crippen molar-refractivity contribution in [2.24, 2.45) is 0 Å². The smallest absolute Gasteiger partial charge is 0.269 e. The lowest BCUT2D eigenvalue weighted by Crippen LogP contribution is -2.32. The number of carbonyl (C=O) groups is 1. The van der Waals surface area contributed by atoms with E-state index < -0.39 is 21.7 Å². The van der Waals surface area contributed by atoms with Crippen molar-refractivity contribution < 1.29 is 9.72 Å². The van der Waals surface area contributed by atoms with Crippen molar-refractivity contribution in [2.45, 2.75) is 35.6 Å². The van der Waals surface area contributed by atoms with Crippen LogP contribution in [0.25, 0.3) is 5.69 Å². The maximum atomic E-state index is 11.9. The summed E-state index contributed by atoms with van der Waals surface area (Å²) in [6.07, 6.45) is 0. The van der Waals surface area contributed by atoms with Gasteiger partial charge in [0.25, 0.3) is 11.6 Å². The van der Waals surface area contributed by atoms with E-state index in [1.54, 1.807) is 23.6 Å². The van der Waals surface area contributed by atoms with Crippen LogP contribution in [0.3, 0.4) is 0 Å². The third-order valence-corrected chi connectivity index (χ3v) is 5.77. The molecule has 2 aromatic carbocycles. The number of nitro groups is 1. The van der Waals surface area contributed by atoms with E-state index in [2.05, 4.69) is 21.6 Å². The molecule has 1 atom stereocenters. The summed E-state index contributed by atoms with van der Waals surface area (Å²) in [5, 5.41) is 22.8. The first-order chi connectivity index (χ1) is 14.8. The van der Waals surface area contributed by atoms with Crippen LogP contribution in [0.15, 0.2) is 53.7 Å². The van der Waals surface area contributed by atoms with Gasteiger partial charge in [0.05, 0.1) is 11.0 Å². The van der Waals surface area contributed by atoms with Gasteiger partial charge in [0, 0.05) is 23.6 Å². The molecule has 1 aromatic heterocycles. The zero-order valence-corrected chi connectivity index (χ0v) is 19.0. The number of nitro benzene ring substituents is 1. The number of amides is 1. The van der Waals surface area contributed by atoms with Gasteiger partial charge in [-0.2, -0.15) is 0 Å². The van der Waals surface area contributed by atoms with Crippen molar-refractivity contribution in [1.82, 2.24) is 20.1 Å². The molecule has 0 aliphatic carbocycles. The molecule has 0 aliphatic rings. The van der Waals surface area contributed by atoms with E-state index >= 15 is 0 Å². The summed E-state index contributed by atoms with van der Waals surface area (Å²) in [4.78, 5) is 21.3. The highest BCUT2D eigenvalue weighted by Gasteiger charge is 2.23. The second-order valence-corrected chi connectivity index (χ2v) is 8.80. The Hall–Kier alpha value is -2.62. The number of hydrogen-bond acceptors (Lipinski definition) is 6. The first-order valence-electron chi connectivity index (χ1n) is 9.23. The number of halogens is 2. The molecule has 31 heavy (non-hydrogen) atoms. The maximum Gasteiger partial charge on any atom is 0.269 e. The van der Waals surface area contributed by atoms with E-state index in [1.165, 1.54) is 23.9 Å². The van der Waals surface area contributed by atoms with E-state index in [9.17, 15) is 14.9 Å². The monoisotopic (exact) mass is 479 g/mol. The van der Waals surface area contributed by atoms with Gasteiger partial charge < -0.3 is 5.32 Å². The Kier molecular flexibility index (Phi) is 7.53. The number of non-ortho nitro benzene ring substituents is 1. The van der Waals surface area contributed by atoms with Crippen molar-refractivity contribution in [1.29, 1.82) is 0 Å². The number of rotatable bonds is 8. The Bertz CT molecular complexity index is 1090. The van der Waals surface area contributed by atoms with Crippen LogP contribution >= 0.6 is 35.0 Å². The molecule has 8 nitrogen and oxygen atoms in total. The van der Waals surface area contributed by atoms with E-state index in [1.807, 2.05) is 25.1 Å². The first-order valence-corrected chi connectivity index (χ1v) is 11.1. The summed E-state index contributed by atoms with van der Waals surface area (Å²) in [7, 11) is 0. The Morgan fingerprint density at radius 1 is 1.23 bits per heavy atom. The van der Waals surface area contributed by atoms with Crippen molar-refractivity contribution in [2.75, 3.05) is 0 Å². The molecule has 0 fully saturated rings. The molecule has 1 unspecified atom stereocenters. The number of hydrogen-bond donors (Lipinski definition) is 1. The number of nitrogens with zero attached hydrogens (tertiary/aromatic N) is 4. The van der Waals surface area contributed by atoms with Crippen LogP contribution in [0.2, 0.25) is 0 Å².